The number of halogens is 2. The molecule has 0 radical (unpaired) electrons. The molecular formula is C19H22ClFN2O3S. The van der Waals surface area contributed by atoms with Crippen LogP contribution in [-0.2, 0) is 21.2 Å². The van der Waals surface area contributed by atoms with Gasteiger partial charge in [-0.25, -0.2) is 12.8 Å². The van der Waals surface area contributed by atoms with Crippen molar-refractivity contribution >= 4 is 27.3 Å². The van der Waals surface area contributed by atoms with Crippen molar-refractivity contribution in [2.45, 2.75) is 18.4 Å². The van der Waals surface area contributed by atoms with E-state index in [2.05, 4.69) is 5.32 Å². The minimum absolute atomic E-state index is 0.0896. The van der Waals surface area contributed by atoms with E-state index in [1.54, 1.807) is 17.0 Å². The molecule has 2 aromatic rings. The molecule has 0 atom stereocenters. The van der Waals surface area contributed by atoms with Crippen LogP contribution < -0.4 is 5.32 Å². The second-order valence-corrected chi connectivity index (χ2v) is 8.59. The molecule has 0 aliphatic heterocycles. The molecule has 8 heteroatoms. The highest BCUT2D eigenvalue weighted by Gasteiger charge is 2.17. The number of nitrogens with one attached hydrogen (secondary N) is 1. The normalized spacial score (nSPS) is 11.6. The van der Waals surface area contributed by atoms with E-state index in [0.717, 1.165) is 5.56 Å². The van der Waals surface area contributed by atoms with E-state index in [1.165, 1.54) is 36.4 Å². The van der Waals surface area contributed by atoms with E-state index < -0.39 is 9.84 Å². The molecule has 27 heavy (non-hydrogen) atoms. The molecule has 0 unspecified atom stereocenters. The SMILES string of the molecule is CCN(CCS(=O)(=O)c1ccc(Cl)cc1)CC(=O)NCc1ccc(F)cc1. The summed E-state index contributed by atoms with van der Waals surface area (Å²) < 4.78 is 37.7. The summed E-state index contributed by atoms with van der Waals surface area (Å²) in [6.45, 7) is 3.03. The minimum atomic E-state index is -3.44. The van der Waals surface area contributed by atoms with Crippen molar-refractivity contribution < 1.29 is 17.6 Å². The van der Waals surface area contributed by atoms with Crippen LogP contribution in [0.25, 0.3) is 0 Å². The zero-order chi connectivity index (χ0) is 19.9. The Labute approximate surface area is 164 Å². The van der Waals surface area contributed by atoms with Crippen LogP contribution >= 0.6 is 11.6 Å². The summed E-state index contributed by atoms with van der Waals surface area (Å²) in [6, 6.07) is 11.9. The van der Waals surface area contributed by atoms with Crippen LogP contribution in [0.1, 0.15) is 12.5 Å². The van der Waals surface area contributed by atoms with Crippen LogP contribution in [0.2, 0.25) is 5.02 Å². The summed E-state index contributed by atoms with van der Waals surface area (Å²) in [5, 5.41) is 3.23. The largest absolute Gasteiger partial charge is 0.351 e. The van der Waals surface area contributed by atoms with E-state index >= 15 is 0 Å². The standard InChI is InChI=1S/C19H22ClFN2O3S/c1-2-23(11-12-27(25,26)18-9-5-16(20)6-10-18)14-19(24)22-13-15-3-7-17(21)8-4-15/h3-10H,2,11-14H2,1H3,(H,22,24). The molecule has 0 fully saturated rings. The maximum Gasteiger partial charge on any atom is 0.234 e. The van der Waals surface area contributed by atoms with Crippen molar-refractivity contribution in [2.75, 3.05) is 25.4 Å². The number of likely N-dealkylation sites (N-methyl/N-ethyl adjacent to an activating group) is 1. The molecule has 2 rings (SSSR count). The Balaban J connectivity index is 1.84. The molecule has 0 heterocycles. The van der Waals surface area contributed by atoms with E-state index in [0.29, 0.717) is 18.1 Å². The highest BCUT2D eigenvalue weighted by atomic mass is 35.5. The van der Waals surface area contributed by atoms with Crippen molar-refractivity contribution in [3.63, 3.8) is 0 Å². The summed E-state index contributed by atoms with van der Waals surface area (Å²) in [5.74, 6) is -0.637. The van der Waals surface area contributed by atoms with E-state index in [-0.39, 0.29) is 35.5 Å². The van der Waals surface area contributed by atoms with E-state index in [1.807, 2.05) is 6.92 Å². The fourth-order valence-electron chi connectivity index (χ4n) is 2.42. The summed E-state index contributed by atoms with van der Waals surface area (Å²) in [5.41, 5.74) is 0.790. The maximum atomic E-state index is 12.9. The molecule has 1 amide bonds. The Kier molecular flexibility index (Phi) is 7.77. The predicted molar refractivity (Wildman–Crippen MR) is 104 cm³/mol. The average molecular weight is 413 g/mol. The third-order valence-corrected chi connectivity index (χ3v) is 6.03. The Bertz CT molecular complexity index is 856. The minimum Gasteiger partial charge on any atom is -0.351 e. The second-order valence-electron chi connectivity index (χ2n) is 6.04. The quantitative estimate of drug-likeness (QED) is 0.687. The number of carbonyl (C=O) groups is 1. The molecule has 0 aromatic heterocycles. The van der Waals surface area contributed by atoms with Crippen molar-refractivity contribution in [3.05, 3.63) is 64.9 Å². The topological polar surface area (TPSA) is 66.5 Å². The predicted octanol–water partition coefficient (Wildman–Crippen LogP) is 2.89. The molecular weight excluding hydrogens is 391 g/mol. The Morgan fingerprint density at radius 3 is 2.33 bits per heavy atom. The molecule has 0 saturated heterocycles. The van der Waals surface area contributed by atoms with Crippen LogP contribution in [0, 0.1) is 5.82 Å². The van der Waals surface area contributed by atoms with Crippen molar-refractivity contribution in [3.8, 4) is 0 Å². The Morgan fingerprint density at radius 1 is 1.11 bits per heavy atom. The lowest BCUT2D eigenvalue weighted by atomic mass is 10.2. The number of nitrogens with zero attached hydrogens (tertiary/aromatic N) is 1. The van der Waals surface area contributed by atoms with Gasteiger partial charge in [0.2, 0.25) is 5.91 Å². The lowest BCUT2D eigenvalue weighted by Crippen LogP contribution is -2.39. The van der Waals surface area contributed by atoms with Gasteiger partial charge in [-0.3, -0.25) is 9.69 Å². The van der Waals surface area contributed by atoms with E-state index in [9.17, 15) is 17.6 Å². The Hall–Kier alpha value is -1.96. The van der Waals surface area contributed by atoms with Crippen LogP contribution in [0.15, 0.2) is 53.4 Å². The zero-order valence-electron chi connectivity index (χ0n) is 15.0. The van der Waals surface area contributed by atoms with Gasteiger partial charge >= 0.3 is 0 Å². The van der Waals surface area contributed by atoms with E-state index in [4.69, 9.17) is 11.6 Å². The zero-order valence-corrected chi connectivity index (χ0v) is 16.6. The number of amides is 1. The lowest BCUT2D eigenvalue weighted by molar-refractivity contribution is -0.122. The summed E-state index contributed by atoms with van der Waals surface area (Å²) in [7, 11) is -3.44. The number of hydrogen-bond acceptors (Lipinski definition) is 4. The van der Waals surface area contributed by atoms with Crippen molar-refractivity contribution in [1.29, 1.82) is 0 Å². The van der Waals surface area contributed by atoms with Crippen molar-refractivity contribution in [2.24, 2.45) is 0 Å². The highest BCUT2D eigenvalue weighted by Crippen LogP contribution is 2.15. The molecule has 0 bridgehead atoms. The van der Waals surface area contributed by atoms with Crippen LogP contribution in [0.3, 0.4) is 0 Å². The van der Waals surface area contributed by atoms with Crippen LogP contribution in [0.5, 0.6) is 0 Å². The van der Waals surface area contributed by atoms with Gasteiger partial charge in [0.1, 0.15) is 5.82 Å². The molecule has 5 nitrogen and oxygen atoms in total. The van der Waals surface area contributed by atoms with Gasteiger partial charge in [-0.2, -0.15) is 0 Å². The maximum absolute atomic E-state index is 12.9. The molecule has 0 saturated carbocycles. The lowest BCUT2D eigenvalue weighted by Gasteiger charge is -2.19. The number of rotatable bonds is 9. The number of benzene rings is 2. The monoisotopic (exact) mass is 412 g/mol. The van der Waals surface area contributed by atoms with Crippen LogP contribution in [-0.4, -0.2) is 44.6 Å². The first-order chi connectivity index (χ1) is 12.8. The fraction of sp³-hybridized carbons (Fsp3) is 0.316. The van der Waals surface area contributed by atoms with Gasteiger partial charge < -0.3 is 5.32 Å². The first kappa shape index (κ1) is 21.3. The first-order valence-electron chi connectivity index (χ1n) is 8.52. The number of hydrogen-bond donors (Lipinski definition) is 1. The van der Waals surface area contributed by atoms with Gasteiger partial charge in [-0.05, 0) is 48.5 Å². The van der Waals surface area contributed by atoms with Gasteiger partial charge in [-0.15, -0.1) is 0 Å². The number of carbonyl (C=O) groups excluding carboxylic acids is 1. The molecule has 146 valence electrons. The third-order valence-electron chi connectivity index (χ3n) is 4.07. The second kappa shape index (κ2) is 9.82. The Morgan fingerprint density at radius 2 is 1.74 bits per heavy atom. The summed E-state index contributed by atoms with van der Waals surface area (Å²) in [4.78, 5) is 14.1. The molecule has 0 aliphatic carbocycles. The average Bonchev–Trinajstić information content (AvgIpc) is 2.65. The smallest absolute Gasteiger partial charge is 0.234 e. The third kappa shape index (κ3) is 6.93. The van der Waals surface area contributed by atoms with Crippen molar-refractivity contribution in [1.82, 2.24) is 10.2 Å². The van der Waals surface area contributed by atoms with Crippen LogP contribution in [0.4, 0.5) is 4.39 Å². The van der Waals surface area contributed by atoms with Gasteiger partial charge in [-0.1, -0.05) is 30.7 Å². The van der Waals surface area contributed by atoms with Gasteiger partial charge in [0.05, 0.1) is 17.2 Å². The molecule has 0 spiro atoms. The summed E-state index contributed by atoms with van der Waals surface area (Å²) in [6.07, 6.45) is 0. The molecule has 0 aliphatic rings. The molecule has 2 aromatic carbocycles. The van der Waals surface area contributed by atoms with Gasteiger partial charge in [0, 0.05) is 18.1 Å². The highest BCUT2D eigenvalue weighted by molar-refractivity contribution is 7.91. The summed E-state index contributed by atoms with van der Waals surface area (Å²) >= 11 is 5.78. The fourth-order valence-corrected chi connectivity index (χ4v) is 3.83. The number of sulfone groups is 1. The molecule has 1 N–H and O–H groups in total. The van der Waals surface area contributed by atoms with Gasteiger partial charge in [0.15, 0.2) is 9.84 Å². The first-order valence-corrected chi connectivity index (χ1v) is 10.5. The van der Waals surface area contributed by atoms with Gasteiger partial charge in [0.25, 0.3) is 0 Å².